The van der Waals surface area contributed by atoms with E-state index in [1.807, 2.05) is 0 Å². The Hall–Kier alpha value is -2.46. The third kappa shape index (κ3) is 1.88. The Morgan fingerprint density at radius 3 is 3.14 bits per heavy atom. The predicted molar refractivity (Wildman–Crippen MR) is 70.3 cm³/mol. The molecule has 0 aromatic carbocycles. The minimum absolute atomic E-state index is 0.137. The minimum atomic E-state index is -2.13. The molecule has 3 N–H and O–H groups in total. The van der Waals surface area contributed by atoms with Crippen LogP contribution in [0.5, 0.6) is 0 Å². The third-order valence-electron chi connectivity index (χ3n) is 3.59. The SMILES string of the molecule is [N-]=[N+]=N[C@]1(CO)O[C@@H](n2ccc3c(=O)[nH]cnc32)[C@@H](F)[C@@H]1O. The summed E-state index contributed by atoms with van der Waals surface area (Å²) < 4.78 is 20.8. The molecule has 0 spiro atoms. The highest BCUT2D eigenvalue weighted by Gasteiger charge is 2.56. The van der Waals surface area contributed by atoms with Crippen molar-refractivity contribution in [2.24, 2.45) is 5.11 Å². The molecule has 0 bridgehead atoms. The fourth-order valence-corrected chi connectivity index (χ4v) is 2.47. The standard InChI is InChI=1S/C11H11FN6O4/c12-6-7(20)11(3-19,16-17-13)22-10(6)18-2-1-5-8(18)14-4-15-9(5)21/h1-2,4,6-7,10,19-20H,3H2,(H,14,15,21)/t6-,7-,10+,11+/m0/s1. The second kappa shape index (κ2) is 5.07. The van der Waals surface area contributed by atoms with Gasteiger partial charge in [-0.25, -0.2) is 9.37 Å². The van der Waals surface area contributed by atoms with Gasteiger partial charge < -0.3 is 24.5 Å². The van der Waals surface area contributed by atoms with Crippen LogP contribution in [-0.2, 0) is 4.74 Å². The van der Waals surface area contributed by atoms with E-state index in [4.69, 9.17) is 10.3 Å². The average molecular weight is 310 g/mol. The number of H-pyrrole nitrogens is 1. The largest absolute Gasteiger partial charge is 0.393 e. The molecule has 0 aliphatic carbocycles. The van der Waals surface area contributed by atoms with E-state index in [-0.39, 0.29) is 11.0 Å². The number of hydrogen-bond donors (Lipinski definition) is 3. The maximum atomic E-state index is 14.4. The highest BCUT2D eigenvalue weighted by molar-refractivity contribution is 5.74. The number of halogens is 1. The Labute approximate surface area is 121 Å². The van der Waals surface area contributed by atoms with E-state index in [2.05, 4.69) is 20.0 Å². The van der Waals surface area contributed by atoms with Crippen molar-refractivity contribution >= 4 is 11.0 Å². The van der Waals surface area contributed by atoms with Gasteiger partial charge in [-0.2, -0.15) is 0 Å². The van der Waals surface area contributed by atoms with Gasteiger partial charge in [0.1, 0.15) is 11.8 Å². The van der Waals surface area contributed by atoms with E-state index in [1.165, 1.54) is 16.8 Å². The minimum Gasteiger partial charge on any atom is -0.393 e. The zero-order valence-electron chi connectivity index (χ0n) is 11.0. The number of hydrogen-bond acceptors (Lipinski definition) is 6. The molecule has 116 valence electrons. The number of alkyl halides is 1. The van der Waals surface area contributed by atoms with E-state index < -0.39 is 36.4 Å². The van der Waals surface area contributed by atoms with Crippen LogP contribution in [0.3, 0.4) is 0 Å². The fourth-order valence-electron chi connectivity index (χ4n) is 2.47. The Bertz CT molecular complexity index is 814. The molecule has 1 saturated heterocycles. The van der Waals surface area contributed by atoms with Gasteiger partial charge in [-0.15, -0.1) is 0 Å². The first-order valence-electron chi connectivity index (χ1n) is 6.25. The lowest BCUT2D eigenvalue weighted by Crippen LogP contribution is -2.43. The second-order valence-corrected chi connectivity index (χ2v) is 4.78. The van der Waals surface area contributed by atoms with Crippen LogP contribution >= 0.6 is 0 Å². The number of aromatic nitrogens is 3. The predicted octanol–water partition coefficient (Wildman–Crippen LogP) is -0.0487. The molecule has 10 nitrogen and oxygen atoms in total. The number of fused-ring (bicyclic) bond motifs is 1. The number of aliphatic hydroxyl groups is 2. The van der Waals surface area contributed by atoms with Crippen molar-refractivity contribution < 1.29 is 19.3 Å². The molecular formula is C11H11FN6O4. The van der Waals surface area contributed by atoms with Crippen molar-refractivity contribution in [1.29, 1.82) is 0 Å². The zero-order valence-corrected chi connectivity index (χ0v) is 11.0. The summed E-state index contributed by atoms with van der Waals surface area (Å²) in [6.45, 7) is -0.900. The van der Waals surface area contributed by atoms with E-state index in [0.29, 0.717) is 0 Å². The van der Waals surface area contributed by atoms with Crippen LogP contribution in [0.1, 0.15) is 6.23 Å². The number of azide groups is 1. The smallest absolute Gasteiger partial charge is 0.260 e. The molecule has 0 unspecified atom stereocenters. The Kier molecular flexibility index (Phi) is 3.34. The normalized spacial score (nSPS) is 31.3. The van der Waals surface area contributed by atoms with Gasteiger partial charge in [-0.3, -0.25) is 4.79 Å². The van der Waals surface area contributed by atoms with Crippen molar-refractivity contribution in [2.75, 3.05) is 6.61 Å². The number of aromatic amines is 1. The molecule has 1 aliphatic rings. The summed E-state index contributed by atoms with van der Waals surface area (Å²) in [5, 5.41) is 22.6. The monoisotopic (exact) mass is 310 g/mol. The number of rotatable bonds is 3. The summed E-state index contributed by atoms with van der Waals surface area (Å²) in [5.74, 6) is 0. The van der Waals surface area contributed by atoms with Gasteiger partial charge in [-0.05, 0) is 11.6 Å². The molecule has 0 saturated carbocycles. The van der Waals surface area contributed by atoms with Crippen molar-refractivity contribution in [2.45, 2.75) is 24.2 Å². The first-order chi connectivity index (χ1) is 10.5. The van der Waals surface area contributed by atoms with Crippen molar-refractivity contribution in [1.82, 2.24) is 14.5 Å². The van der Waals surface area contributed by atoms with Gasteiger partial charge in [0.15, 0.2) is 12.4 Å². The summed E-state index contributed by atoms with van der Waals surface area (Å²) in [7, 11) is 0. The summed E-state index contributed by atoms with van der Waals surface area (Å²) >= 11 is 0. The van der Waals surface area contributed by atoms with Gasteiger partial charge >= 0.3 is 0 Å². The first kappa shape index (κ1) is 14.5. The zero-order chi connectivity index (χ0) is 15.9. The highest BCUT2D eigenvalue weighted by Crippen LogP contribution is 2.40. The summed E-state index contributed by atoms with van der Waals surface area (Å²) in [5.41, 5.74) is 6.11. The number of nitrogens with one attached hydrogen (secondary N) is 1. The Morgan fingerprint density at radius 1 is 1.68 bits per heavy atom. The van der Waals surface area contributed by atoms with Gasteiger partial charge in [0, 0.05) is 11.1 Å². The summed E-state index contributed by atoms with van der Waals surface area (Å²) in [6, 6.07) is 1.41. The number of aliphatic hydroxyl groups excluding tert-OH is 2. The van der Waals surface area contributed by atoms with Gasteiger partial charge in [-0.1, -0.05) is 5.11 Å². The van der Waals surface area contributed by atoms with E-state index in [9.17, 15) is 19.4 Å². The summed E-state index contributed by atoms with van der Waals surface area (Å²) in [6.07, 6.45) is -2.75. The van der Waals surface area contributed by atoms with E-state index in [0.717, 1.165) is 6.33 Å². The topological polar surface area (TPSA) is 149 Å². The first-order valence-corrected chi connectivity index (χ1v) is 6.25. The average Bonchev–Trinajstić information content (AvgIpc) is 3.04. The van der Waals surface area contributed by atoms with Crippen LogP contribution in [-0.4, -0.2) is 49.4 Å². The molecule has 2 aromatic heterocycles. The molecule has 22 heavy (non-hydrogen) atoms. The fraction of sp³-hybridized carbons (Fsp3) is 0.455. The Balaban J connectivity index is 2.10. The molecule has 3 rings (SSSR count). The van der Waals surface area contributed by atoms with Gasteiger partial charge in [0.2, 0.25) is 5.72 Å². The lowest BCUT2D eigenvalue weighted by Gasteiger charge is -2.23. The van der Waals surface area contributed by atoms with Crippen LogP contribution < -0.4 is 5.56 Å². The molecule has 0 amide bonds. The number of nitrogens with zero attached hydrogens (tertiary/aromatic N) is 5. The van der Waals surface area contributed by atoms with Crippen LogP contribution in [0.15, 0.2) is 28.5 Å². The molecule has 0 radical (unpaired) electrons. The third-order valence-corrected chi connectivity index (χ3v) is 3.59. The number of ether oxygens (including phenoxy) is 1. The lowest BCUT2D eigenvalue weighted by atomic mass is 10.1. The lowest BCUT2D eigenvalue weighted by molar-refractivity contribution is -0.122. The van der Waals surface area contributed by atoms with Gasteiger partial charge in [0.05, 0.1) is 18.3 Å². The van der Waals surface area contributed by atoms with Crippen LogP contribution in [0.25, 0.3) is 21.5 Å². The quantitative estimate of drug-likeness (QED) is 0.413. The van der Waals surface area contributed by atoms with Crippen LogP contribution in [0.4, 0.5) is 4.39 Å². The molecule has 4 atom stereocenters. The van der Waals surface area contributed by atoms with Crippen molar-refractivity contribution in [3.8, 4) is 0 Å². The summed E-state index contributed by atoms with van der Waals surface area (Å²) in [4.78, 5) is 20.4. The van der Waals surface area contributed by atoms with Crippen molar-refractivity contribution in [3.05, 3.63) is 39.4 Å². The molecule has 11 heteroatoms. The van der Waals surface area contributed by atoms with Crippen LogP contribution in [0, 0.1) is 0 Å². The second-order valence-electron chi connectivity index (χ2n) is 4.78. The van der Waals surface area contributed by atoms with E-state index >= 15 is 0 Å². The van der Waals surface area contributed by atoms with Crippen molar-refractivity contribution in [3.63, 3.8) is 0 Å². The van der Waals surface area contributed by atoms with E-state index in [1.54, 1.807) is 0 Å². The van der Waals surface area contributed by atoms with Gasteiger partial charge in [0.25, 0.3) is 5.56 Å². The maximum absolute atomic E-state index is 14.4. The molecule has 3 heterocycles. The maximum Gasteiger partial charge on any atom is 0.260 e. The Morgan fingerprint density at radius 2 is 2.45 bits per heavy atom. The highest BCUT2D eigenvalue weighted by atomic mass is 19.1. The molecule has 2 aromatic rings. The molecule has 1 fully saturated rings. The van der Waals surface area contributed by atoms with Crippen LogP contribution in [0.2, 0.25) is 0 Å². The molecule has 1 aliphatic heterocycles. The molecular weight excluding hydrogens is 299 g/mol.